The van der Waals surface area contributed by atoms with Gasteiger partial charge >= 0.3 is 0 Å². The van der Waals surface area contributed by atoms with Crippen molar-refractivity contribution in [1.82, 2.24) is 15.1 Å². The molecule has 0 radical (unpaired) electrons. The number of hydrogen-bond donors (Lipinski definition) is 2. The predicted molar refractivity (Wildman–Crippen MR) is 97.3 cm³/mol. The first-order chi connectivity index (χ1) is 13.5. The van der Waals surface area contributed by atoms with Gasteiger partial charge in [0.15, 0.2) is 11.5 Å². The van der Waals surface area contributed by atoms with Crippen LogP contribution in [-0.2, 0) is 13.0 Å². The third kappa shape index (κ3) is 2.66. The average Bonchev–Trinajstić information content (AvgIpc) is 3.17. The number of halogens is 2. The molecule has 2 aliphatic rings. The molecule has 142 valence electrons. The molecule has 0 bridgehead atoms. The van der Waals surface area contributed by atoms with Gasteiger partial charge in [0.2, 0.25) is 0 Å². The van der Waals surface area contributed by atoms with E-state index in [-0.39, 0.29) is 35.5 Å². The normalized spacial score (nSPS) is 19.2. The number of amides is 1. The first kappa shape index (κ1) is 16.9. The molecule has 0 saturated heterocycles. The smallest absolute Gasteiger partial charge is 0.272 e. The second kappa shape index (κ2) is 6.15. The molecule has 3 aromatic rings. The molecule has 0 unspecified atom stereocenters. The van der Waals surface area contributed by atoms with Crippen LogP contribution < -0.4 is 5.32 Å². The fourth-order valence-electron chi connectivity index (χ4n) is 4.05. The second-order valence-electron chi connectivity index (χ2n) is 7.34. The summed E-state index contributed by atoms with van der Waals surface area (Å²) in [4.78, 5) is 12.8. The van der Waals surface area contributed by atoms with Crippen LogP contribution in [0.25, 0.3) is 5.69 Å². The molecule has 1 amide bonds. The molecule has 7 heteroatoms. The summed E-state index contributed by atoms with van der Waals surface area (Å²) in [6, 6.07) is 10.1. The number of nitrogens with one attached hydrogen (secondary N) is 1. The highest BCUT2D eigenvalue weighted by Gasteiger charge is 2.50. The van der Waals surface area contributed by atoms with Crippen molar-refractivity contribution in [3.63, 3.8) is 0 Å². The molecule has 0 aliphatic heterocycles. The van der Waals surface area contributed by atoms with Crippen molar-refractivity contribution in [1.29, 1.82) is 0 Å². The summed E-state index contributed by atoms with van der Waals surface area (Å²) < 4.78 is 29.1. The van der Waals surface area contributed by atoms with E-state index in [1.54, 1.807) is 24.3 Å². The molecule has 2 aliphatic carbocycles. The van der Waals surface area contributed by atoms with Crippen molar-refractivity contribution < 1.29 is 18.7 Å². The molecule has 0 spiro atoms. The highest BCUT2D eigenvalue weighted by molar-refractivity contribution is 5.94. The summed E-state index contributed by atoms with van der Waals surface area (Å²) in [5.41, 5.74) is 2.69. The topological polar surface area (TPSA) is 67.2 Å². The second-order valence-corrected chi connectivity index (χ2v) is 7.34. The van der Waals surface area contributed by atoms with Gasteiger partial charge in [-0.1, -0.05) is 18.2 Å². The summed E-state index contributed by atoms with van der Waals surface area (Å²) >= 11 is 0. The number of benzene rings is 2. The number of phenols is 1. The van der Waals surface area contributed by atoms with Gasteiger partial charge < -0.3 is 10.4 Å². The maximum absolute atomic E-state index is 14.3. The van der Waals surface area contributed by atoms with Gasteiger partial charge in [0, 0.05) is 29.7 Å². The third-order valence-corrected chi connectivity index (χ3v) is 5.55. The lowest BCUT2D eigenvalue weighted by Crippen LogP contribution is -2.24. The first-order valence-electron chi connectivity index (χ1n) is 9.15. The lowest BCUT2D eigenvalue weighted by atomic mass is 10.1. The predicted octanol–water partition coefficient (Wildman–Crippen LogP) is 3.45. The van der Waals surface area contributed by atoms with Crippen molar-refractivity contribution in [3.8, 4) is 11.4 Å². The summed E-state index contributed by atoms with van der Waals surface area (Å²) in [5.74, 6) is -0.903. The molecule has 2 aromatic carbocycles. The first-order valence-corrected chi connectivity index (χ1v) is 9.15. The third-order valence-electron chi connectivity index (χ3n) is 5.55. The number of aromatic nitrogens is 2. The lowest BCUT2D eigenvalue weighted by molar-refractivity contribution is 0.0944. The van der Waals surface area contributed by atoms with Crippen LogP contribution in [0, 0.1) is 17.6 Å². The molecule has 1 aromatic heterocycles. The minimum atomic E-state index is -0.712. The quantitative estimate of drug-likeness (QED) is 0.728. The van der Waals surface area contributed by atoms with Crippen molar-refractivity contribution >= 4 is 5.91 Å². The van der Waals surface area contributed by atoms with E-state index in [9.17, 15) is 18.7 Å². The average molecular weight is 381 g/mol. The molecule has 5 nitrogen and oxygen atoms in total. The maximum Gasteiger partial charge on any atom is 0.272 e. The largest absolute Gasteiger partial charge is 0.508 e. The van der Waals surface area contributed by atoms with Crippen molar-refractivity contribution in [2.75, 3.05) is 0 Å². The lowest BCUT2D eigenvalue weighted by Gasteiger charge is -2.07. The molecular weight excluding hydrogens is 364 g/mol. The van der Waals surface area contributed by atoms with Gasteiger partial charge in [0.05, 0.1) is 5.69 Å². The van der Waals surface area contributed by atoms with Crippen LogP contribution in [0.3, 0.4) is 0 Å². The summed E-state index contributed by atoms with van der Waals surface area (Å²) in [6.07, 6.45) is 1.74. The van der Waals surface area contributed by atoms with Gasteiger partial charge in [0.1, 0.15) is 17.3 Å². The van der Waals surface area contributed by atoms with E-state index >= 15 is 0 Å². The Morgan fingerprint density at radius 1 is 1.25 bits per heavy atom. The van der Waals surface area contributed by atoms with E-state index in [0.29, 0.717) is 11.5 Å². The van der Waals surface area contributed by atoms with Crippen LogP contribution in [0.4, 0.5) is 8.78 Å². The monoisotopic (exact) mass is 381 g/mol. The SMILES string of the molecule is O=C(NCc1ccccc1O)c1nn(-c2ccc(F)cc2F)c2c1C[C@H]1C[C@@H]21. The number of hydrogen-bond acceptors (Lipinski definition) is 3. The summed E-state index contributed by atoms with van der Waals surface area (Å²) in [6.45, 7) is 0.158. The zero-order chi connectivity index (χ0) is 19.4. The number of phenolic OH excluding ortho intramolecular Hbond substituents is 1. The van der Waals surface area contributed by atoms with Crippen molar-refractivity contribution in [2.24, 2.45) is 5.92 Å². The molecule has 28 heavy (non-hydrogen) atoms. The van der Waals surface area contributed by atoms with Gasteiger partial charge in [-0.05, 0) is 37.0 Å². The van der Waals surface area contributed by atoms with Crippen molar-refractivity contribution in [2.45, 2.75) is 25.3 Å². The molecule has 1 fully saturated rings. The Balaban J connectivity index is 1.48. The van der Waals surface area contributed by atoms with Crippen molar-refractivity contribution in [3.05, 3.63) is 76.6 Å². The molecule has 1 saturated carbocycles. The minimum Gasteiger partial charge on any atom is -0.508 e. The number of fused-ring (bicyclic) bond motifs is 3. The van der Waals surface area contributed by atoms with E-state index < -0.39 is 11.6 Å². The van der Waals surface area contributed by atoms with Gasteiger partial charge in [-0.3, -0.25) is 4.79 Å². The highest BCUT2D eigenvalue weighted by atomic mass is 19.1. The number of nitrogens with zero attached hydrogens (tertiary/aromatic N) is 2. The zero-order valence-corrected chi connectivity index (χ0v) is 14.8. The molecule has 2 atom stereocenters. The number of carbonyl (C=O) groups excluding carboxylic acids is 1. The van der Waals surface area contributed by atoms with Gasteiger partial charge in [-0.15, -0.1) is 0 Å². The summed E-state index contributed by atoms with van der Waals surface area (Å²) in [7, 11) is 0. The Morgan fingerprint density at radius 2 is 2.07 bits per heavy atom. The number of carbonyl (C=O) groups is 1. The van der Waals surface area contributed by atoms with Crippen LogP contribution in [0.1, 0.15) is 39.6 Å². The number of aromatic hydroxyl groups is 1. The van der Waals surface area contributed by atoms with Crippen LogP contribution in [0.5, 0.6) is 5.75 Å². The molecule has 5 rings (SSSR count). The van der Waals surface area contributed by atoms with E-state index in [0.717, 1.165) is 30.2 Å². The molecular formula is C21H17F2N3O2. The molecule has 2 N–H and O–H groups in total. The number of para-hydroxylation sites is 1. The van der Waals surface area contributed by atoms with Gasteiger partial charge in [0.25, 0.3) is 5.91 Å². The summed E-state index contributed by atoms with van der Waals surface area (Å²) in [5, 5.41) is 17.0. The Hall–Kier alpha value is -3.22. The van der Waals surface area contributed by atoms with E-state index in [2.05, 4.69) is 10.4 Å². The van der Waals surface area contributed by atoms with Gasteiger partial charge in [-0.2, -0.15) is 5.10 Å². The van der Waals surface area contributed by atoms with Crippen LogP contribution >= 0.6 is 0 Å². The maximum atomic E-state index is 14.3. The van der Waals surface area contributed by atoms with Crippen LogP contribution in [0.2, 0.25) is 0 Å². The Morgan fingerprint density at radius 3 is 2.86 bits per heavy atom. The number of rotatable bonds is 4. The highest BCUT2D eigenvalue weighted by Crippen LogP contribution is 2.57. The van der Waals surface area contributed by atoms with E-state index in [1.165, 1.54) is 16.8 Å². The van der Waals surface area contributed by atoms with Gasteiger partial charge in [-0.25, -0.2) is 13.5 Å². The molecule has 1 heterocycles. The minimum absolute atomic E-state index is 0.105. The van der Waals surface area contributed by atoms with Crippen LogP contribution in [-0.4, -0.2) is 20.8 Å². The zero-order valence-electron chi connectivity index (χ0n) is 14.8. The van der Waals surface area contributed by atoms with E-state index in [4.69, 9.17) is 0 Å². The fraction of sp³-hybridized carbons (Fsp3) is 0.238. The fourth-order valence-corrected chi connectivity index (χ4v) is 4.05. The van der Waals surface area contributed by atoms with Crippen LogP contribution in [0.15, 0.2) is 42.5 Å². The van der Waals surface area contributed by atoms with E-state index in [1.807, 2.05) is 0 Å². The standard InChI is InChI=1S/C21H17F2N3O2/c22-13-5-6-17(16(23)9-13)26-20-14-7-12(14)8-15(20)19(25-26)21(28)24-10-11-3-1-2-4-18(11)27/h1-6,9,12,14,27H,7-8,10H2,(H,24,28)/t12-,14-/m1/s1. The Kier molecular flexibility index (Phi) is 3.72. The Labute approximate surface area is 159 Å². The Bertz CT molecular complexity index is 1110.